The van der Waals surface area contributed by atoms with Crippen LogP contribution in [0.3, 0.4) is 0 Å². The Labute approximate surface area is 128 Å². The van der Waals surface area contributed by atoms with Crippen molar-refractivity contribution in [2.24, 2.45) is 5.92 Å². The lowest BCUT2D eigenvalue weighted by Gasteiger charge is -2.18. The topological polar surface area (TPSA) is 41.1 Å². The maximum atomic E-state index is 11.9. The van der Waals surface area contributed by atoms with Crippen LogP contribution in [0.1, 0.15) is 17.5 Å². The maximum Gasteiger partial charge on any atom is 0.230 e. The summed E-state index contributed by atoms with van der Waals surface area (Å²) < 4.78 is -0.861. The van der Waals surface area contributed by atoms with Gasteiger partial charge in [-0.2, -0.15) is 0 Å². The number of alkyl halides is 2. The molecule has 19 heavy (non-hydrogen) atoms. The Morgan fingerprint density at radius 2 is 2.11 bits per heavy atom. The van der Waals surface area contributed by atoms with E-state index in [1.807, 2.05) is 12.1 Å². The first-order valence-corrected chi connectivity index (χ1v) is 6.83. The Kier molecular flexibility index (Phi) is 4.31. The average molecular weight is 322 g/mol. The van der Waals surface area contributed by atoms with E-state index in [0.717, 1.165) is 25.2 Å². The monoisotopic (exact) mass is 320 g/mol. The predicted octanol–water partition coefficient (Wildman–Crippen LogP) is 2.89. The summed E-state index contributed by atoms with van der Waals surface area (Å²) in [6.07, 6.45) is 1.58. The van der Waals surface area contributed by atoms with E-state index in [1.165, 1.54) is 11.1 Å². The molecular formula is C13H15Cl3N2O. The molecule has 6 heteroatoms. The Morgan fingerprint density at radius 3 is 2.79 bits per heavy atom. The van der Waals surface area contributed by atoms with Crippen molar-refractivity contribution in [1.29, 1.82) is 0 Å². The van der Waals surface area contributed by atoms with Gasteiger partial charge in [0.15, 0.2) is 0 Å². The number of hydrogen-bond acceptors (Lipinski definition) is 2. The van der Waals surface area contributed by atoms with Gasteiger partial charge in [0.05, 0.1) is 5.92 Å². The van der Waals surface area contributed by atoms with Crippen LogP contribution in [0.15, 0.2) is 18.2 Å². The molecule has 0 spiro atoms. The molecule has 0 aromatic heterocycles. The van der Waals surface area contributed by atoms with Gasteiger partial charge >= 0.3 is 0 Å². The van der Waals surface area contributed by atoms with Gasteiger partial charge in [0.2, 0.25) is 5.91 Å². The standard InChI is InChI=1S/C13H14Cl2N2O.ClH/c14-13(15)6-11(13)12(18)17-10-2-1-8-3-4-16-7-9(8)5-10;/h1-2,5,11,16H,3-4,6-7H2,(H,17,18);1H. The first-order chi connectivity index (χ1) is 8.56. The molecule has 1 fully saturated rings. The van der Waals surface area contributed by atoms with Gasteiger partial charge in [-0.15, -0.1) is 35.6 Å². The lowest BCUT2D eigenvalue weighted by Crippen LogP contribution is -2.24. The molecule has 0 saturated heterocycles. The quantitative estimate of drug-likeness (QED) is 0.822. The number of rotatable bonds is 2. The molecule has 1 saturated carbocycles. The zero-order valence-electron chi connectivity index (χ0n) is 10.2. The summed E-state index contributed by atoms with van der Waals surface area (Å²) in [5.41, 5.74) is 3.42. The molecule has 1 aromatic rings. The third-order valence-electron chi connectivity index (χ3n) is 3.50. The summed E-state index contributed by atoms with van der Waals surface area (Å²) in [7, 11) is 0. The number of nitrogens with one attached hydrogen (secondary N) is 2. The molecule has 1 aliphatic carbocycles. The highest BCUT2D eigenvalue weighted by Crippen LogP contribution is 2.53. The fraction of sp³-hybridized carbons (Fsp3) is 0.462. The van der Waals surface area contributed by atoms with Gasteiger partial charge in [0.25, 0.3) is 0 Å². The van der Waals surface area contributed by atoms with Gasteiger partial charge in [-0.05, 0) is 42.6 Å². The van der Waals surface area contributed by atoms with Gasteiger partial charge in [-0.25, -0.2) is 0 Å². The molecule has 0 bridgehead atoms. The van der Waals surface area contributed by atoms with Crippen molar-refractivity contribution in [3.8, 4) is 0 Å². The third kappa shape index (κ3) is 3.16. The lowest BCUT2D eigenvalue weighted by molar-refractivity contribution is -0.117. The molecule has 0 radical (unpaired) electrons. The number of fused-ring (bicyclic) bond motifs is 1. The minimum Gasteiger partial charge on any atom is -0.326 e. The van der Waals surface area contributed by atoms with Gasteiger partial charge in [0.1, 0.15) is 4.33 Å². The first kappa shape index (κ1) is 14.9. The number of halogens is 3. The third-order valence-corrected chi connectivity index (χ3v) is 4.34. The van der Waals surface area contributed by atoms with Gasteiger partial charge in [0, 0.05) is 12.2 Å². The van der Waals surface area contributed by atoms with Crippen LogP contribution in [-0.4, -0.2) is 16.8 Å². The summed E-state index contributed by atoms with van der Waals surface area (Å²) in [4.78, 5) is 11.9. The number of benzene rings is 1. The number of carbonyl (C=O) groups is 1. The molecule has 1 aliphatic heterocycles. The van der Waals surface area contributed by atoms with Gasteiger partial charge < -0.3 is 10.6 Å². The Bertz CT molecular complexity index is 505. The Hall–Kier alpha value is -0.480. The number of carbonyl (C=O) groups excluding carboxylic acids is 1. The summed E-state index contributed by atoms with van der Waals surface area (Å²) in [5.74, 6) is -0.376. The van der Waals surface area contributed by atoms with Crippen LogP contribution in [0, 0.1) is 5.92 Å². The molecule has 3 nitrogen and oxygen atoms in total. The van der Waals surface area contributed by atoms with E-state index in [4.69, 9.17) is 23.2 Å². The Balaban J connectivity index is 0.00000133. The molecule has 1 atom stereocenters. The molecule has 3 rings (SSSR count). The predicted molar refractivity (Wildman–Crippen MR) is 80.3 cm³/mol. The summed E-state index contributed by atoms with van der Waals surface area (Å²) in [6, 6.07) is 6.04. The molecule has 2 N–H and O–H groups in total. The van der Waals surface area contributed by atoms with Gasteiger partial charge in [-0.3, -0.25) is 4.79 Å². The molecule has 1 heterocycles. The van der Waals surface area contributed by atoms with Crippen LogP contribution in [0.4, 0.5) is 5.69 Å². The van der Waals surface area contributed by atoms with Crippen molar-refractivity contribution in [3.63, 3.8) is 0 Å². The van der Waals surface area contributed by atoms with Crippen molar-refractivity contribution < 1.29 is 4.79 Å². The fourth-order valence-corrected chi connectivity index (χ4v) is 2.79. The van der Waals surface area contributed by atoms with E-state index in [9.17, 15) is 4.79 Å². The van der Waals surface area contributed by atoms with E-state index in [-0.39, 0.29) is 24.2 Å². The highest BCUT2D eigenvalue weighted by molar-refractivity contribution is 6.52. The SMILES string of the molecule is Cl.O=C(Nc1ccc2c(c1)CNCC2)C1CC1(Cl)Cl. The minimum atomic E-state index is -0.861. The van der Waals surface area contributed by atoms with E-state index in [2.05, 4.69) is 16.7 Å². The highest BCUT2D eigenvalue weighted by Gasteiger charge is 2.56. The second kappa shape index (κ2) is 5.49. The zero-order chi connectivity index (χ0) is 12.8. The minimum absolute atomic E-state index is 0. The Morgan fingerprint density at radius 1 is 1.37 bits per heavy atom. The summed E-state index contributed by atoms with van der Waals surface area (Å²) in [5, 5.41) is 6.19. The van der Waals surface area contributed by atoms with Crippen LogP contribution in [0.5, 0.6) is 0 Å². The second-order valence-electron chi connectivity index (χ2n) is 4.92. The van der Waals surface area contributed by atoms with Crippen LogP contribution >= 0.6 is 35.6 Å². The highest BCUT2D eigenvalue weighted by atomic mass is 35.5. The molecular weight excluding hydrogens is 307 g/mol. The largest absolute Gasteiger partial charge is 0.326 e. The van der Waals surface area contributed by atoms with E-state index < -0.39 is 4.33 Å². The van der Waals surface area contributed by atoms with E-state index in [1.54, 1.807) is 0 Å². The van der Waals surface area contributed by atoms with Crippen molar-refractivity contribution in [2.75, 3.05) is 11.9 Å². The molecule has 104 valence electrons. The number of anilines is 1. The summed E-state index contributed by atoms with van der Waals surface area (Å²) in [6.45, 7) is 1.87. The second-order valence-corrected chi connectivity index (χ2v) is 6.46. The molecule has 1 aromatic carbocycles. The zero-order valence-corrected chi connectivity index (χ0v) is 12.5. The molecule has 1 amide bonds. The maximum absolute atomic E-state index is 11.9. The van der Waals surface area contributed by atoms with Crippen LogP contribution in [0.2, 0.25) is 0 Å². The van der Waals surface area contributed by atoms with E-state index >= 15 is 0 Å². The first-order valence-electron chi connectivity index (χ1n) is 6.07. The van der Waals surface area contributed by atoms with Crippen LogP contribution in [-0.2, 0) is 17.8 Å². The van der Waals surface area contributed by atoms with Gasteiger partial charge in [-0.1, -0.05) is 6.07 Å². The molecule has 1 unspecified atom stereocenters. The lowest BCUT2D eigenvalue weighted by atomic mass is 10.0. The summed E-state index contributed by atoms with van der Waals surface area (Å²) >= 11 is 11.8. The van der Waals surface area contributed by atoms with Crippen LogP contribution in [0.25, 0.3) is 0 Å². The van der Waals surface area contributed by atoms with E-state index in [0.29, 0.717) is 6.42 Å². The molecule has 2 aliphatic rings. The van der Waals surface area contributed by atoms with Crippen molar-refractivity contribution >= 4 is 47.2 Å². The number of hydrogen-bond donors (Lipinski definition) is 2. The normalized spacial score (nSPS) is 22.9. The number of amides is 1. The fourth-order valence-electron chi connectivity index (χ4n) is 2.29. The van der Waals surface area contributed by atoms with Crippen molar-refractivity contribution in [3.05, 3.63) is 29.3 Å². The van der Waals surface area contributed by atoms with Crippen LogP contribution < -0.4 is 10.6 Å². The van der Waals surface area contributed by atoms with Crippen molar-refractivity contribution in [2.45, 2.75) is 23.7 Å². The average Bonchev–Trinajstić information content (AvgIpc) is 2.98. The smallest absolute Gasteiger partial charge is 0.230 e. The van der Waals surface area contributed by atoms with Crippen molar-refractivity contribution in [1.82, 2.24) is 5.32 Å².